The predicted molar refractivity (Wildman–Crippen MR) is 69.2 cm³/mol. The third-order valence-electron chi connectivity index (χ3n) is 3.82. The lowest BCUT2D eigenvalue weighted by atomic mass is 9.86. The van der Waals surface area contributed by atoms with Crippen molar-refractivity contribution in [3.8, 4) is 0 Å². The average Bonchev–Trinajstić information content (AvgIpc) is 2.74. The molecule has 1 saturated carbocycles. The van der Waals surface area contributed by atoms with E-state index in [1.165, 1.54) is 0 Å². The molecule has 4 heteroatoms. The number of hydrogen-bond acceptors (Lipinski definition) is 1. The normalized spacial score (nSPS) is 19.8. The van der Waals surface area contributed by atoms with Gasteiger partial charge in [0.25, 0.3) is 0 Å². The van der Waals surface area contributed by atoms with E-state index < -0.39 is 5.54 Å². The highest BCUT2D eigenvalue weighted by Gasteiger charge is 2.40. The van der Waals surface area contributed by atoms with Crippen molar-refractivity contribution in [1.29, 1.82) is 0 Å². The first-order valence-electron chi connectivity index (χ1n) is 5.96. The number of carbonyl (C=O) groups excluding carboxylic acids is 1. The van der Waals surface area contributed by atoms with Gasteiger partial charge in [-0.05, 0) is 19.3 Å². The highest BCUT2D eigenvalue weighted by molar-refractivity contribution is 6.22. The molecule has 1 fully saturated rings. The first-order chi connectivity index (χ1) is 7.52. The molecule has 1 N–H and O–H groups in total. The quantitative estimate of drug-likeness (QED) is 0.760. The number of alkyl halides is 2. The standard InChI is InChI=1S/C12H21Cl2NO/c1-3-12(8-13,9-14)15-10(16)11(2)6-4-5-7-11/h3-9H2,1-2H3,(H,15,16). The van der Waals surface area contributed by atoms with Gasteiger partial charge in [-0.1, -0.05) is 26.7 Å². The van der Waals surface area contributed by atoms with Crippen LogP contribution in [0.2, 0.25) is 0 Å². The van der Waals surface area contributed by atoms with Gasteiger partial charge in [0.1, 0.15) is 0 Å². The van der Waals surface area contributed by atoms with Gasteiger partial charge in [-0.3, -0.25) is 4.79 Å². The Hall–Kier alpha value is 0.0500. The van der Waals surface area contributed by atoms with Gasteiger partial charge in [0, 0.05) is 17.2 Å². The summed E-state index contributed by atoms with van der Waals surface area (Å²) in [4.78, 5) is 12.2. The van der Waals surface area contributed by atoms with Gasteiger partial charge in [0.2, 0.25) is 5.91 Å². The minimum atomic E-state index is -0.439. The minimum Gasteiger partial charge on any atom is -0.348 e. The molecule has 0 radical (unpaired) electrons. The van der Waals surface area contributed by atoms with Crippen LogP contribution >= 0.6 is 23.2 Å². The summed E-state index contributed by atoms with van der Waals surface area (Å²) in [5.74, 6) is 0.858. The van der Waals surface area contributed by atoms with Crippen LogP contribution in [0.15, 0.2) is 0 Å². The van der Waals surface area contributed by atoms with Gasteiger partial charge >= 0.3 is 0 Å². The van der Waals surface area contributed by atoms with E-state index in [0.717, 1.165) is 32.1 Å². The molecule has 0 aromatic carbocycles. The third-order valence-corrected chi connectivity index (χ3v) is 4.85. The Balaban J connectivity index is 2.68. The number of nitrogens with one attached hydrogen (secondary N) is 1. The molecule has 0 aliphatic heterocycles. The zero-order chi connectivity index (χ0) is 12.2. The highest BCUT2D eigenvalue weighted by atomic mass is 35.5. The van der Waals surface area contributed by atoms with Crippen LogP contribution in [0.1, 0.15) is 46.0 Å². The molecule has 0 aromatic heterocycles. The van der Waals surface area contributed by atoms with Crippen molar-refractivity contribution < 1.29 is 4.79 Å². The van der Waals surface area contributed by atoms with Crippen molar-refractivity contribution in [2.45, 2.75) is 51.5 Å². The second-order valence-corrected chi connectivity index (χ2v) is 5.66. The van der Waals surface area contributed by atoms with E-state index in [2.05, 4.69) is 5.32 Å². The maximum atomic E-state index is 12.2. The van der Waals surface area contributed by atoms with Crippen molar-refractivity contribution >= 4 is 29.1 Å². The van der Waals surface area contributed by atoms with Crippen molar-refractivity contribution in [1.82, 2.24) is 5.32 Å². The number of hydrogen-bond donors (Lipinski definition) is 1. The lowest BCUT2D eigenvalue weighted by Crippen LogP contribution is -2.55. The second-order valence-electron chi connectivity index (χ2n) is 5.12. The van der Waals surface area contributed by atoms with Crippen LogP contribution in [-0.4, -0.2) is 23.2 Å². The van der Waals surface area contributed by atoms with Gasteiger partial charge in [0.15, 0.2) is 0 Å². The van der Waals surface area contributed by atoms with Crippen LogP contribution in [0.5, 0.6) is 0 Å². The zero-order valence-electron chi connectivity index (χ0n) is 10.1. The van der Waals surface area contributed by atoms with E-state index in [0.29, 0.717) is 11.8 Å². The summed E-state index contributed by atoms with van der Waals surface area (Å²) in [5.41, 5.74) is -0.648. The first-order valence-corrected chi connectivity index (χ1v) is 7.03. The van der Waals surface area contributed by atoms with Gasteiger partial charge in [-0.25, -0.2) is 0 Å². The Morgan fingerprint density at radius 3 is 2.19 bits per heavy atom. The molecule has 2 nitrogen and oxygen atoms in total. The summed E-state index contributed by atoms with van der Waals surface area (Å²) < 4.78 is 0. The molecule has 1 aliphatic rings. The molecular formula is C12H21Cl2NO. The molecule has 94 valence electrons. The molecule has 0 saturated heterocycles. The largest absolute Gasteiger partial charge is 0.348 e. The fraction of sp³-hybridized carbons (Fsp3) is 0.917. The zero-order valence-corrected chi connectivity index (χ0v) is 11.6. The fourth-order valence-electron chi connectivity index (χ4n) is 2.15. The molecule has 0 aromatic rings. The lowest BCUT2D eigenvalue weighted by Gasteiger charge is -2.34. The summed E-state index contributed by atoms with van der Waals surface area (Å²) in [6.07, 6.45) is 5.00. The molecule has 0 bridgehead atoms. The monoisotopic (exact) mass is 265 g/mol. The summed E-state index contributed by atoms with van der Waals surface area (Å²) in [7, 11) is 0. The Morgan fingerprint density at radius 2 is 1.81 bits per heavy atom. The van der Waals surface area contributed by atoms with Gasteiger partial charge in [-0.15, -0.1) is 23.2 Å². The second kappa shape index (κ2) is 5.59. The smallest absolute Gasteiger partial charge is 0.226 e. The highest BCUT2D eigenvalue weighted by Crippen LogP contribution is 2.38. The molecule has 16 heavy (non-hydrogen) atoms. The first kappa shape index (κ1) is 14.1. The van der Waals surface area contributed by atoms with Gasteiger partial charge < -0.3 is 5.32 Å². The van der Waals surface area contributed by atoms with Crippen molar-refractivity contribution in [2.75, 3.05) is 11.8 Å². The Morgan fingerprint density at radius 1 is 1.31 bits per heavy atom. The molecule has 1 aliphatic carbocycles. The summed E-state index contributed by atoms with van der Waals surface area (Å²) >= 11 is 11.8. The number of rotatable bonds is 5. The number of carbonyl (C=O) groups is 1. The lowest BCUT2D eigenvalue weighted by molar-refractivity contribution is -0.131. The fourth-order valence-corrected chi connectivity index (χ4v) is 2.95. The molecule has 1 amide bonds. The van der Waals surface area contributed by atoms with Crippen LogP contribution in [0.4, 0.5) is 0 Å². The van der Waals surface area contributed by atoms with Crippen LogP contribution in [0.25, 0.3) is 0 Å². The van der Waals surface area contributed by atoms with E-state index in [1.54, 1.807) is 0 Å². The van der Waals surface area contributed by atoms with E-state index in [4.69, 9.17) is 23.2 Å². The third kappa shape index (κ3) is 2.84. The maximum Gasteiger partial charge on any atom is 0.226 e. The Bertz CT molecular complexity index is 237. The molecule has 0 unspecified atom stereocenters. The Kier molecular flexibility index (Phi) is 4.93. The van der Waals surface area contributed by atoms with Gasteiger partial charge in [-0.2, -0.15) is 0 Å². The SMILES string of the molecule is CCC(CCl)(CCl)NC(=O)C1(C)CCCC1. The summed E-state index contributed by atoms with van der Waals surface area (Å²) in [6, 6.07) is 0. The summed E-state index contributed by atoms with van der Waals surface area (Å²) in [6.45, 7) is 4.04. The molecule has 1 rings (SSSR count). The number of halogens is 2. The van der Waals surface area contributed by atoms with Crippen LogP contribution < -0.4 is 5.32 Å². The number of amides is 1. The van der Waals surface area contributed by atoms with Crippen LogP contribution in [0, 0.1) is 5.41 Å². The van der Waals surface area contributed by atoms with Gasteiger partial charge in [0.05, 0.1) is 5.54 Å². The Labute approximate surface area is 108 Å². The van der Waals surface area contributed by atoms with E-state index in [-0.39, 0.29) is 11.3 Å². The molecular weight excluding hydrogens is 245 g/mol. The van der Waals surface area contributed by atoms with E-state index in [9.17, 15) is 4.79 Å². The molecule has 0 atom stereocenters. The topological polar surface area (TPSA) is 29.1 Å². The maximum absolute atomic E-state index is 12.2. The van der Waals surface area contributed by atoms with Crippen LogP contribution in [-0.2, 0) is 4.79 Å². The van der Waals surface area contributed by atoms with E-state index >= 15 is 0 Å². The molecule has 0 heterocycles. The van der Waals surface area contributed by atoms with Crippen molar-refractivity contribution in [3.63, 3.8) is 0 Å². The van der Waals surface area contributed by atoms with Crippen molar-refractivity contribution in [2.24, 2.45) is 5.41 Å². The minimum absolute atomic E-state index is 0.119. The van der Waals surface area contributed by atoms with Crippen LogP contribution in [0.3, 0.4) is 0 Å². The average molecular weight is 266 g/mol. The van der Waals surface area contributed by atoms with E-state index in [1.807, 2.05) is 13.8 Å². The predicted octanol–water partition coefficient (Wildman–Crippen LogP) is 3.31. The summed E-state index contributed by atoms with van der Waals surface area (Å²) in [5, 5.41) is 3.06. The van der Waals surface area contributed by atoms with Crippen molar-refractivity contribution in [3.05, 3.63) is 0 Å². The molecule has 0 spiro atoms.